The minimum absolute atomic E-state index is 0.133. The zero-order chi connectivity index (χ0) is 16.2. The molecule has 126 valence electrons. The highest BCUT2D eigenvalue weighted by atomic mass is 16.6. The van der Waals surface area contributed by atoms with E-state index in [-0.39, 0.29) is 24.9 Å². The molecule has 1 spiro atoms. The number of hydrogen-bond acceptors (Lipinski definition) is 5. The van der Waals surface area contributed by atoms with Crippen molar-refractivity contribution in [1.82, 2.24) is 15.7 Å². The fourth-order valence-electron chi connectivity index (χ4n) is 5.74. The van der Waals surface area contributed by atoms with Crippen LogP contribution in [0.1, 0.15) is 32.1 Å². The van der Waals surface area contributed by atoms with Gasteiger partial charge in [-0.25, -0.2) is 5.48 Å². The largest absolute Gasteiger partial charge is 0.294 e. The van der Waals surface area contributed by atoms with Crippen LogP contribution >= 0.6 is 0 Å². The van der Waals surface area contributed by atoms with Crippen molar-refractivity contribution >= 4 is 17.7 Å². The molecule has 23 heavy (non-hydrogen) atoms. The molecule has 4 aliphatic carbocycles. The first-order chi connectivity index (χ1) is 11.0. The van der Waals surface area contributed by atoms with Gasteiger partial charge in [0.15, 0.2) is 0 Å². The summed E-state index contributed by atoms with van der Waals surface area (Å²) in [7, 11) is 1.33. The van der Waals surface area contributed by atoms with E-state index in [1.807, 2.05) is 0 Å². The Labute approximate surface area is 135 Å². The van der Waals surface area contributed by atoms with Crippen LogP contribution < -0.4 is 10.8 Å². The summed E-state index contributed by atoms with van der Waals surface area (Å²) in [4.78, 5) is 42.9. The van der Waals surface area contributed by atoms with Gasteiger partial charge in [-0.3, -0.25) is 29.4 Å². The molecular weight excluding hydrogens is 298 g/mol. The Kier molecular flexibility index (Phi) is 3.46. The monoisotopic (exact) mass is 321 g/mol. The first-order valence-electron chi connectivity index (χ1n) is 8.46. The highest BCUT2D eigenvalue weighted by Crippen LogP contribution is 2.59. The number of amides is 3. The maximum atomic E-state index is 13.2. The topological polar surface area (TPSA) is 87.7 Å². The van der Waals surface area contributed by atoms with Gasteiger partial charge in [0.25, 0.3) is 11.8 Å². The molecule has 5 aliphatic rings. The summed E-state index contributed by atoms with van der Waals surface area (Å²) < 4.78 is 0. The molecular formula is C16H23N3O4. The highest BCUT2D eigenvalue weighted by Gasteiger charge is 2.63. The maximum Gasteiger partial charge on any atom is 0.263 e. The number of hydrogen-bond donors (Lipinski definition) is 2. The van der Waals surface area contributed by atoms with Gasteiger partial charge in [-0.1, -0.05) is 0 Å². The average Bonchev–Trinajstić information content (AvgIpc) is 2.50. The molecule has 0 atom stereocenters. The Hall–Kier alpha value is -1.47. The maximum absolute atomic E-state index is 13.2. The number of hydroxylamine groups is 1. The minimum Gasteiger partial charge on any atom is -0.294 e. The number of carbonyl (C=O) groups excluding carboxylic acids is 3. The van der Waals surface area contributed by atoms with E-state index >= 15 is 0 Å². The van der Waals surface area contributed by atoms with Crippen LogP contribution in [0.4, 0.5) is 0 Å². The second-order valence-corrected chi connectivity index (χ2v) is 7.54. The number of rotatable bonds is 3. The van der Waals surface area contributed by atoms with Gasteiger partial charge in [0, 0.05) is 0 Å². The molecule has 5 fully saturated rings. The smallest absolute Gasteiger partial charge is 0.263 e. The first kappa shape index (κ1) is 15.1. The van der Waals surface area contributed by atoms with Crippen LogP contribution in [-0.2, 0) is 19.2 Å². The third kappa shape index (κ3) is 2.13. The van der Waals surface area contributed by atoms with Crippen molar-refractivity contribution in [3.05, 3.63) is 0 Å². The lowest BCUT2D eigenvalue weighted by molar-refractivity contribution is -0.171. The summed E-state index contributed by atoms with van der Waals surface area (Å²) in [5, 5.41) is 3.31. The molecule has 1 aliphatic heterocycles. The van der Waals surface area contributed by atoms with Crippen molar-refractivity contribution in [3.8, 4) is 0 Å². The van der Waals surface area contributed by atoms with E-state index in [1.54, 1.807) is 0 Å². The van der Waals surface area contributed by atoms with Crippen molar-refractivity contribution in [2.75, 3.05) is 20.2 Å². The van der Waals surface area contributed by atoms with Gasteiger partial charge in [0.05, 0.1) is 13.7 Å². The normalized spacial score (nSPS) is 41.7. The molecule has 5 rings (SSSR count). The molecule has 4 bridgehead atoms. The van der Waals surface area contributed by atoms with Gasteiger partial charge in [-0.05, 0) is 55.8 Å². The van der Waals surface area contributed by atoms with Crippen molar-refractivity contribution in [2.24, 2.45) is 23.7 Å². The van der Waals surface area contributed by atoms with Gasteiger partial charge in [-0.2, -0.15) is 0 Å². The highest BCUT2D eigenvalue weighted by molar-refractivity contribution is 6.06. The predicted molar refractivity (Wildman–Crippen MR) is 79.7 cm³/mol. The quantitative estimate of drug-likeness (QED) is 0.556. The summed E-state index contributed by atoms with van der Waals surface area (Å²) in [5.74, 6) is 1.06. The Morgan fingerprint density at radius 3 is 2.39 bits per heavy atom. The zero-order valence-corrected chi connectivity index (χ0v) is 13.3. The number of nitrogens with one attached hydrogen (secondary N) is 2. The summed E-state index contributed by atoms with van der Waals surface area (Å²) in [5.41, 5.74) is 1.55. The summed E-state index contributed by atoms with van der Waals surface area (Å²) in [6.45, 7) is -0.129. The lowest BCUT2D eigenvalue weighted by Gasteiger charge is -2.62. The van der Waals surface area contributed by atoms with E-state index in [0.29, 0.717) is 11.8 Å². The van der Waals surface area contributed by atoms with E-state index in [0.717, 1.165) is 42.4 Å². The van der Waals surface area contributed by atoms with E-state index < -0.39 is 11.4 Å². The number of nitrogens with zero attached hydrogens (tertiary/aromatic N) is 1. The standard InChI is InChI=1S/C16H23N3O4/c1-23-18-13(20)8-19-14(21)7-17-16(15(19)22)11-3-9-2-10(5-11)6-12(16)4-9/h9-12,17H,2-8H2,1H3,(H,18,20). The molecule has 0 radical (unpaired) electrons. The predicted octanol–water partition coefficient (Wildman–Crippen LogP) is -0.183. The van der Waals surface area contributed by atoms with Crippen molar-refractivity contribution in [1.29, 1.82) is 0 Å². The lowest BCUT2D eigenvalue weighted by atomic mass is 9.48. The van der Waals surface area contributed by atoms with Gasteiger partial charge in [0.1, 0.15) is 12.1 Å². The minimum atomic E-state index is -0.630. The molecule has 0 aromatic carbocycles. The van der Waals surface area contributed by atoms with E-state index in [2.05, 4.69) is 15.6 Å². The SMILES string of the molecule is CONC(=O)CN1C(=O)CNC2(C1=O)C1CC3CC(C1)CC2C3. The van der Waals surface area contributed by atoms with E-state index in [9.17, 15) is 14.4 Å². The summed E-state index contributed by atoms with van der Waals surface area (Å²) in [6.07, 6.45) is 5.57. The van der Waals surface area contributed by atoms with E-state index in [4.69, 9.17) is 0 Å². The van der Waals surface area contributed by atoms with Crippen LogP contribution in [0.25, 0.3) is 0 Å². The van der Waals surface area contributed by atoms with Gasteiger partial charge in [0.2, 0.25) is 5.91 Å². The third-order valence-electron chi connectivity index (χ3n) is 6.38. The van der Waals surface area contributed by atoms with Crippen molar-refractivity contribution in [3.63, 3.8) is 0 Å². The van der Waals surface area contributed by atoms with Crippen LogP contribution in [0.2, 0.25) is 0 Å². The second kappa shape index (κ2) is 5.27. The third-order valence-corrected chi connectivity index (χ3v) is 6.38. The fourth-order valence-corrected chi connectivity index (χ4v) is 5.74. The molecule has 7 nitrogen and oxygen atoms in total. The van der Waals surface area contributed by atoms with Gasteiger partial charge < -0.3 is 0 Å². The van der Waals surface area contributed by atoms with E-state index in [1.165, 1.54) is 13.5 Å². The van der Waals surface area contributed by atoms with Crippen LogP contribution in [0, 0.1) is 23.7 Å². The molecule has 0 aromatic heterocycles. The van der Waals surface area contributed by atoms with Crippen LogP contribution in [0.5, 0.6) is 0 Å². The molecule has 7 heteroatoms. The molecule has 0 unspecified atom stereocenters. The van der Waals surface area contributed by atoms with Crippen LogP contribution in [0.15, 0.2) is 0 Å². The van der Waals surface area contributed by atoms with Gasteiger partial charge >= 0.3 is 0 Å². The molecule has 0 aromatic rings. The van der Waals surface area contributed by atoms with Crippen LogP contribution in [-0.4, -0.2) is 48.4 Å². The molecule has 3 amide bonds. The van der Waals surface area contributed by atoms with Crippen molar-refractivity contribution in [2.45, 2.75) is 37.6 Å². The van der Waals surface area contributed by atoms with Crippen molar-refractivity contribution < 1.29 is 19.2 Å². The summed E-state index contributed by atoms with van der Waals surface area (Å²) in [6, 6.07) is 0. The molecule has 4 saturated carbocycles. The Morgan fingerprint density at radius 2 is 1.83 bits per heavy atom. The number of piperazine rings is 1. The van der Waals surface area contributed by atoms with Crippen LogP contribution in [0.3, 0.4) is 0 Å². The Bertz CT molecular complexity index is 534. The molecule has 1 saturated heterocycles. The fraction of sp³-hybridized carbons (Fsp3) is 0.812. The summed E-state index contributed by atoms with van der Waals surface area (Å²) >= 11 is 0. The lowest BCUT2D eigenvalue weighted by Crippen LogP contribution is -2.76. The van der Waals surface area contributed by atoms with Gasteiger partial charge in [-0.15, -0.1) is 0 Å². The Morgan fingerprint density at radius 1 is 1.22 bits per heavy atom. The average molecular weight is 321 g/mol. The number of imide groups is 1. The zero-order valence-electron chi connectivity index (χ0n) is 13.3. The first-order valence-corrected chi connectivity index (χ1v) is 8.46. The molecule has 1 heterocycles. The number of carbonyl (C=O) groups is 3. The Balaban J connectivity index is 1.61. The molecule has 2 N–H and O–H groups in total. The second-order valence-electron chi connectivity index (χ2n) is 7.54.